The molecule has 1 atom stereocenters. The molecule has 2 aliphatic heterocycles. The summed E-state index contributed by atoms with van der Waals surface area (Å²) >= 11 is 0. The van der Waals surface area contributed by atoms with Crippen molar-refractivity contribution in [3.63, 3.8) is 0 Å². The normalized spacial score (nSPS) is 16.7. The molecule has 9 nitrogen and oxygen atoms in total. The Labute approximate surface area is 347 Å². The summed E-state index contributed by atoms with van der Waals surface area (Å²) in [4.78, 5) is 20.1. The molecule has 0 amide bonds. The van der Waals surface area contributed by atoms with Crippen LogP contribution in [0.1, 0.15) is 49.6 Å². The fourth-order valence-corrected chi connectivity index (χ4v) is 13.3. The zero-order valence-corrected chi connectivity index (χ0v) is 36.4. The molecule has 306 valence electrons. The second kappa shape index (κ2) is 19.0. The van der Waals surface area contributed by atoms with Gasteiger partial charge < -0.3 is 23.7 Å². The fraction of sp³-hybridized carbons (Fsp3) is 0.417. The molecule has 0 unspecified atom stereocenters. The molecule has 7 rings (SSSR count). The van der Waals surface area contributed by atoms with E-state index in [1.807, 2.05) is 0 Å². The van der Waals surface area contributed by atoms with Crippen LogP contribution in [-0.4, -0.2) is 106 Å². The van der Waals surface area contributed by atoms with E-state index in [1.165, 1.54) is 27.1 Å². The summed E-state index contributed by atoms with van der Waals surface area (Å²) in [5.41, 5.74) is 4.94. The van der Waals surface area contributed by atoms with E-state index < -0.39 is 8.32 Å². The highest BCUT2D eigenvalue weighted by Crippen LogP contribution is 2.37. The minimum Gasteiger partial charge on any atom is -0.497 e. The van der Waals surface area contributed by atoms with Crippen molar-refractivity contribution in [1.82, 2.24) is 24.7 Å². The third kappa shape index (κ3) is 9.81. The van der Waals surface area contributed by atoms with E-state index in [9.17, 15) is 0 Å². The van der Waals surface area contributed by atoms with Crippen LogP contribution < -0.4 is 24.7 Å². The highest BCUT2D eigenvalue weighted by molar-refractivity contribution is 6.99. The van der Waals surface area contributed by atoms with Gasteiger partial charge in [-0.25, -0.2) is 0 Å². The van der Waals surface area contributed by atoms with Crippen molar-refractivity contribution in [2.24, 2.45) is 0 Å². The molecular weight excluding hydrogens is 737 g/mol. The number of fused-ring (bicyclic) bond motifs is 1. The van der Waals surface area contributed by atoms with E-state index in [0.29, 0.717) is 19.2 Å². The topological polar surface area (TPSA) is 66.4 Å². The monoisotopic (exact) mass is 798 g/mol. The predicted octanol–water partition coefficient (Wildman–Crippen LogP) is 6.64. The molecule has 1 fully saturated rings. The summed E-state index contributed by atoms with van der Waals surface area (Å²) in [5.74, 6) is 1.91. The van der Waals surface area contributed by atoms with Crippen molar-refractivity contribution in [2.45, 2.75) is 64.3 Å². The first-order valence-electron chi connectivity index (χ1n) is 20.9. The maximum atomic E-state index is 7.49. The highest BCUT2D eigenvalue weighted by Gasteiger charge is 2.50. The molecule has 0 radical (unpaired) electrons. The first kappa shape index (κ1) is 41.6. The summed E-state index contributed by atoms with van der Waals surface area (Å²) in [6, 6.07) is 41.9. The number of methoxy groups -OCH3 is 1. The smallest absolute Gasteiger partial charge is 0.318 e. The van der Waals surface area contributed by atoms with Gasteiger partial charge in [-0.1, -0.05) is 124 Å². The average molecular weight is 799 g/mol. The number of piperazine rings is 1. The summed E-state index contributed by atoms with van der Waals surface area (Å²) in [6.07, 6.45) is 1.80. The second-order valence-corrected chi connectivity index (χ2v) is 21.4. The van der Waals surface area contributed by atoms with Gasteiger partial charge in [0.2, 0.25) is 0 Å². The van der Waals surface area contributed by atoms with Crippen LogP contribution in [0.4, 0.5) is 5.82 Å². The van der Waals surface area contributed by atoms with Crippen molar-refractivity contribution < 1.29 is 13.9 Å². The van der Waals surface area contributed by atoms with Gasteiger partial charge in [0.15, 0.2) is 0 Å². The molecule has 0 bridgehead atoms. The zero-order valence-electron chi connectivity index (χ0n) is 35.4. The number of ether oxygens (including phenoxy) is 2. The minimum absolute atomic E-state index is 0.0888. The maximum Gasteiger partial charge on any atom is 0.318 e. The number of rotatable bonds is 16. The summed E-state index contributed by atoms with van der Waals surface area (Å²) in [6.45, 7) is 15.2. The van der Waals surface area contributed by atoms with Crippen LogP contribution in [0, 0.1) is 0 Å². The summed E-state index contributed by atoms with van der Waals surface area (Å²) in [7, 11) is 3.15. The van der Waals surface area contributed by atoms with Crippen LogP contribution >= 0.6 is 0 Å². The van der Waals surface area contributed by atoms with Gasteiger partial charge in [0, 0.05) is 70.6 Å². The molecule has 58 heavy (non-hydrogen) atoms. The Hall–Kier alpha value is -4.58. The van der Waals surface area contributed by atoms with Gasteiger partial charge >= 0.3 is 6.01 Å². The second-order valence-electron chi connectivity index (χ2n) is 17.1. The Morgan fingerprint density at radius 1 is 0.741 bits per heavy atom. The molecule has 2 aliphatic rings. The van der Waals surface area contributed by atoms with Gasteiger partial charge in [0.05, 0.1) is 12.8 Å². The van der Waals surface area contributed by atoms with Crippen molar-refractivity contribution in [3.8, 4) is 11.8 Å². The van der Waals surface area contributed by atoms with E-state index in [0.717, 1.165) is 82.5 Å². The van der Waals surface area contributed by atoms with Crippen molar-refractivity contribution in [3.05, 3.63) is 138 Å². The number of anilines is 1. The van der Waals surface area contributed by atoms with Crippen LogP contribution in [-0.2, 0) is 30.5 Å². The average Bonchev–Trinajstić information content (AvgIpc) is 3.23. The molecule has 1 saturated heterocycles. The number of likely N-dealkylation sites (N-methyl/N-ethyl adjacent to an activating group) is 1. The van der Waals surface area contributed by atoms with E-state index in [1.54, 1.807) is 7.11 Å². The lowest BCUT2D eigenvalue weighted by molar-refractivity contribution is 0.137. The molecule has 4 aromatic carbocycles. The quantitative estimate of drug-likeness (QED) is 0.102. The van der Waals surface area contributed by atoms with E-state index >= 15 is 0 Å². The number of aromatic nitrogens is 2. The summed E-state index contributed by atoms with van der Waals surface area (Å²) in [5, 5.41) is 2.53. The van der Waals surface area contributed by atoms with Gasteiger partial charge in [-0.3, -0.25) is 9.80 Å². The Bertz CT molecular complexity index is 1990. The summed E-state index contributed by atoms with van der Waals surface area (Å²) < 4.78 is 19.3. The Kier molecular flexibility index (Phi) is 13.6. The zero-order chi connectivity index (χ0) is 40.5. The van der Waals surface area contributed by atoms with Gasteiger partial charge in [0.1, 0.15) is 18.2 Å². The molecule has 0 spiro atoms. The minimum atomic E-state index is -2.70. The number of nitrogens with zero attached hydrogens (tertiary/aromatic N) is 6. The SMILES string of the molecule is COc1ccc(CN2CCN(c3nc(OCCN(C)C)nc4c3CCN(Cc3ccccc3)C4)C[C@@H]2CCO[Si](c2ccccc2)(c2ccccc2)C(C)(C)C)cc1. The third-order valence-corrected chi connectivity index (χ3v) is 16.8. The highest BCUT2D eigenvalue weighted by atomic mass is 28.4. The maximum absolute atomic E-state index is 7.49. The van der Waals surface area contributed by atoms with Crippen molar-refractivity contribution in [1.29, 1.82) is 0 Å². The van der Waals surface area contributed by atoms with Crippen LogP contribution in [0.25, 0.3) is 0 Å². The van der Waals surface area contributed by atoms with E-state index in [4.69, 9.17) is 23.9 Å². The largest absolute Gasteiger partial charge is 0.497 e. The molecule has 0 saturated carbocycles. The van der Waals surface area contributed by atoms with Crippen LogP contribution in [0.2, 0.25) is 5.04 Å². The van der Waals surface area contributed by atoms with Gasteiger partial charge in [-0.15, -0.1) is 0 Å². The van der Waals surface area contributed by atoms with Crippen LogP contribution in [0.15, 0.2) is 115 Å². The molecule has 1 aromatic heterocycles. The lowest BCUT2D eigenvalue weighted by Gasteiger charge is -2.45. The van der Waals surface area contributed by atoms with Crippen molar-refractivity contribution >= 4 is 24.5 Å². The van der Waals surface area contributed by atoms with Crippen LogP contribution in [0.3, 0.4) is 0 Å². The number of benzene rings is 4. The first-order valence-corrected chi connectivity index (χ1v) is 22.8. The van der Waals surface area contributed by atoms with Crippen LogP contribution in [0.5, 0.6) is 11.8 Å². The van der Waals surface area contributed by atoms with Gasteiger partial charge in [-0.05, 0) is 65.6 Å². The Morgan fingerprint density at radius 3 is 2.00 bits per heavy atom. The third-order valence-electron chi connectivity index (χ3n) is 11.8. The van der Waals surface area contributed by atoms with E-state index in [2.05, 4.69) is 170 Å². The molecule has 3 heterocycles. The number of hydrogen-bond acceptors (Lipinski definition) is 9. The molecule has 0 N–H and O–H groups in total. The molecule has 5 aromatic rings. The molecule has 10 heteroatoms. The lowest BCUT2D eigenvalue weighted by Crippen LogP contribution is -2.66. The predicted molar refractivity (Wildman–Crippen MR) is 238 cm³/mol. The van der Waals surface area contributed by atoms with Gasteiger partial charge in [0.25, 0.3) is 8.32 Å². The van der Waals surface area contributed by atoms with Crippen molar-refractivity contribution in [2.75, 3.05) is 72.0 Å². The molecule has 0 aliphatic carbocycles. The fourth-order valence-electron chi connectivity index (χ4n) is 8.71. The van der Waals surface area contributed by atoms with E-state index in [-0.39, 0.29) is 11.1 Å². The number of hydrogen-bond donors (Lipinski definition) is 0. The molecular formula is C48H62N6O3Si. The Morgan fingerprint density at radius 2 is 1.38 bits per heavy atom. The lowest BCUT2D eigenvalue weighted by atomic mass is 10.0. The standard InChI is InChI=1S/C48H62N6O3Si/c1-48(2,3)58(42-18-12-8-13-19-42,43-20-14-9-15-21-43)57-32-27-40-36-54(30-29-53(40)35-39-22-24-41(55-6)25-23-39)46-44-26-28-52(34-38-16-10-7-11-17-38)37-45(44)49-47(50-46)56-33-31-51(4)5/h7-25,40H,26-37H2,1-6H3/t40-/m0/s1. The van der Waals surface area contributed by atoms with Gasteiger partial charge in [-0.2, -0.15) is 9.97 Å². The Balaban J connectivity index is 1.18. The first-order chi connectivity index (χ1) is 28.1.